The molecule has 3 N–H and O–H groups in total. The number of nitriles is 1. The van der Waals surface area contributed by atoms with Gasteiger partial charge in [-0.05, 0) is 29.7 Å². The van der Waals surface area contributed by atoms with Crippen molar-refractivity contribution in [3.8, 4) is 17.3 Å². The van der Waals surface area contributed by atoms with Gasteiger partial charge in [0.25, 0.3) is 5.91 Å². The molecule has 0 fully saturated rings. The maximum absolute atomic E-state index is 13.1. The van der Waals surface area contributed by atoms with Crippen molar-refractivity contribution >= 4 is 23.2 Å². The lowest BCUT2D eigenvalue weighted by atomic mass is 9.83. The number of nitrogens with one attached hydrogen (secondary N) is 2. The largest absolute Gasteiger partial charge is 0.395 e. The molecule has 2 aromatic heterocycles. The predicted molar refractivity (Wildman–Crippen MR) is 131 cm³/mol. The number of nitrogens with zero attached hydrogens (tertiary/aromatic N) is 6. The molecule has 0 aliphatic carbocycles. The van der Waals surface area contributed by atoms with Crippen molar-refractivity contribution in [1.29, 1.82) is 5.26 Å². The van der Waals surface area contributed by atoms with Crippen molar-refractivity contribution in [2.24, 2.45) is 5.92 Å². The molecule has 5 rings (SSSR count). The summed E-state index contributed by atoms with van der Waals surface area (Å²) in [4.78, 5) is 24.0. The average molecular weight is 473 g/mol. The molecule has 10 nitrogen and oxygen atoms in total. The lowest BCUT2D eigenvalue weighted by molar-refractivity contribution is 0.0677. The summed E-state index contributed by atoms with van der Waals surface area (Å²) in [5.74, 6) is 0.640. The van der Waals surface area contributed by atoms with Gasteiger partial charge in [0.1, 0.15) is 11.8 Å². The van der Waals surface area contributed by atoms with Crippen molar-refractivity contribution < 1.29 is 9.90 Å². The minimum Gasteiger partial charge on any atom is -0.395 e. The summed E-state index contributed by atoms with van der Waals surface area (Å²) in [6.07, 6.45) is 3.26. The molecule has 180 valence electrons. The van der Waals surface area contributed by atoms with Crippen LogP contribution in [-0.2, 0) is 12.0 Å². The number of hydrogen-bond donors (Lipinski definition) is 3. The highest BCUT2D eigenvalue weighted by molar-refractivity contribution is 5.99. The molecule has 0 saturated heterocycles. The number of anilines is 3. The highest BCUT2D eigenvalue weighted by Crippen LogP contribution is 2.41. The van der Waals surface area contributed by atoms with Gasteiger partial charge in [0.2, 0.25) is 5.95 Å². The van der Waals surface area contributed by atoms with Gasteiger partial charge in [-0.25, -0.2) is 9.97 Å². The Morgan fingerprint density at radius 3 is 2.91 bits per heavy atom. The first-order valence-electron chi connectivity index (χ1n) is 11.7. The van der Waals surface area contributed by atoms with Crippen LogP contribution < -0.4 is 10.6 Å². The maximum atomic E-state index is 13.1. The van der Waals surface area contributed by atoms with Gasteiger partial charge in [-0.15, -0.1) is 0 Å². The standard InChI is InChI=1S/C25H28N8O2/c1-15(2)12-32-6-7-33-22(23(32)35)20(11-29-33)31-24-27-5-4-19(30-24)16-8-17(10-26)21-18(9-16)25(3,14-34)13-28-21/h4-5,8-9,11,15,28,34H,6-7,12-14H2,1-3H3,(H,27,30,31). The number of hydrogen-bond acceptors (Lipinski definition) is 8. The summed E-state index contributed by atoms with van der Waals surface area (Å²) in [7, 11) is 0. The molecule has 0 saturated carbocycles. The number of aliphatic hydroxyl groups is 1. The third kappa shape index (κ3) is 3.98. The zero-order valence-corrected chi connectivity index (χ0v) is 20.0. The van der Waals surface area contributed by atoms with Crippen molar-refractivity contribution in [2.75, 3.05) is 36.9 Å². The summed E-state index contributed by atoms with van der Waals surface area (Å²) in [5.41, 5.74) is 4.12. The molecule has 0 spiro atoms. The van der Waals surface area contributed by atoms with Crippen LogP contribution >= 0.6 is 0 Å². The Balaban J connectivity index is 1.47. The Bertz CT molecular complexity index is 1340. The van der Waals surface area contributed by atoms with Crippen molar-refractivity contribution in [3.63, 3.8) is 0 Å². The van der Waals surface area contributed by atoms with Gasteiger partial charge in [0, 0.05) is 36.8 Å². The second-order valence-corrected chi connectivity index (χ2v) is 9.80. The predicted octanol–water partition coefficient (Wildman–Crippen LogP) is 2.74. The zero-order valence-electron chi connectivity index (χ0n) is 20.0. The molecule has 1 amide bonds. The summed E-state index contributed by atoms with van der Waals surface area (Å²) >= 11 is 0. The maximum Gasteiger partial charge on any atom is 0.274 e. The number of aromatic nitrogens is 4. The number of rotatable bonds is 6. The van der Waals surface area contributed by atoms with Crippen molar-refractivity contribution in [2.45, 2.75) is 32.7 Å². The van der Waals surface area contributed by atoms with E-state index in [1.165, 1.54) is 0 Å². The molecule has 2 aliphatic heterocycles. The molecule has 4 heterocycles. The van der Waals surface area contributed by atoms with E-state index in [1.807, 2.05) is 17.9 Å². The fourth-order valence-corrected chi connectivity index (χ4v) is 4.72. The van der Waals surface area contributed by atoms with E-state index in [2.05, 4.69) is 45.6 Å². The van der Waals surface area contributed by atoms with E-state index < -0.39 is 5.41 Å². The fraction of sp³-hybridized carbons (Fsp3) is 0.400. The van der Waals surface area contributed by atoms with Crippen LogP contribution in [0.4, 0.5) is 17.3 Å². The number of carbonyl (C=O) groups excluding carboxylic acids is 1. The fourth-order valence-electron chi connectivity index (χ4n) is 4.72. The normalized spacial score (nSPS) is 18.7. The Kier molecular flexibility index (Phi) is 5.65. The first-order chi connectivity index (χ1) is 16.8. The molecule has 1 aromatic carbocycles. The molecule has 1 atom stereocenters. The van der Waals surface area contributed by atoms with Gasteiger partial charge in [-0.1, -0.05) is 20.8 Å². The van der Waals surface area contributed by atoms with Gasteiger partial charge in [-0.2, -0.15) is 10.4 Å². The van der Waals surface area contributed by atoms with Gasteiger partial charge >= 0.3 is 0 Å². The lowest BCUT2D eigenvalue weighted by Crippen LogP contribution is -2.42. The topological polar surface area (TPSA) is 132 Å². The monoisotopic (exact) mass is 472 g/mol. The SMILES string of the molecule is CC(C)CN1CCn2ncc(Nc3nccc(-c4cc(C#N)c5c(c4)C(C)(CO)CN5)n3)c2C1=O. The van der Waals surface area contributed by atoms with Gasteiger partial charge in [-0.3, -0.25) is 9.48 Å². The first kappa shape index (κ1) is 22.8. The lowest BCUT2D eigenvalue weighted by Gasteiger charge is -2.29. The van der Waals surface area contributed by atoms with E-state index in [9.17, 15) is 15.2 Å². The van der Waals surface area contributed by atoms with Crippen molar-refractivity contribution in [1.82, 2.24) is 24.6 Å². The number of aliphatic hydroxyl groups excluding tert-OH is 1. The van der Waals surface area contributed by atoms with Crippen LogP contribution in [0.3, 0.4) is 0 Å². The average Bonchev–Trinajstić information content (AvgIpc) is 3.42. The smallest absolute Gasteiger partial charge is 0.274 e. The summed E-state index contributed by atoms with van der Waals surface area (Å²) in [5, 5.41) is 30.5. The van der Waals surface area contributed by atoms with Crippen LogP contribution in [0.5, 0.6) is 0 Å². The second kappa shape index (κ2) is 8.67. The molecule has 0 bridgehead atoms. The Morgan fingerprint density at radius 1 is 1.34 bits per heavy atom. The van der Waals surface area contributed by atoms with Crippen LogP contribution in [0.25, 0.3) is 11.3 Å². The molecular weight excluding hydrogens is 444 g/mol. The third-order valence-corrected chi connectivity index (χ3v) is 6.61. The number of benzene rings is 1. The quantitative estimate of drug-likeness (QED) is 0.499. The van der Waals surface area contributed by atoms with E-state index in [-0.39, 0.29) is 12.5 Å². The van der Waals surface area contributed by atoms with Gasteiger partial charge in [0.05, 0.1) is 42.0 Å². The van der Waals surface area contributed by atoms with E-state index >= 15 is 0 Å². The van der Waals surface area contributed by atoms with Gasteiger partial charge < -0.3 is 20.6 Å². The minimum absolute atomic E-state index is 0.0352. The summed E-state index contributed by atoms with van der Waals surface area (Å²) < 4.78 is 1.72. The molecule has 10 heteroatoms. The minimum atomic E-state index is -0.482. The Labute approximate surface area is 203 Å². The van der Waals surface area contributed by atoms with Crippen LogP contribution in [0.1, 0.15) is 42.4 Å². The summed E-state index contributed by atoms with van der Waals surface area (Å²) in [6, 6.07) is 7.78. The van der Waals surface area contributed by atoms with Crippen molar-refractivity contribution in [3.05, 3.63) is 47.4 Å². The van der Waals surface area contributed by atoms with Crippen LogP contribution in [0, 0.1) is 17.2 Å². The molecule has 3 aromatic rings. The van der Waals surface area contributed by atoms with E-state index in [0.717, 1.165) is 16.8 Å². The van der Waals surface area contributed by atoms with Crippen LogP contribution in [-0.4, -0.2) is 61.9 Å². The highest BCUT2D eigenvalue weighted by atomic mass is 16.3. The number of fused-ring (bicyclic) bond motifs is 2. The van der Waals surface area contributed by atoms with Crippen LogP contribution in [0.2, 0.25) is 0 Å². The second-order valence-electron chi connectivity index (χ2n) is 9.80. The van der Waals surface area contributed by atoms with Gasteiger partial charge in [0.15, 0.2) is 0 Å². The zero-order chi connectivity index (χ0) is 24.7. The molecule has 2 aliphatic rings. The summed E-state index contributed by atoms with van der Waals surface area (Å²) in [6.45, 7) is 8.64. The van der Waals surface area contributed by atoms with Crippen LogP contribution in [0.15, 0.2) is 30.6 Å². The Hall–Kier alpha value is -3.97. The van der Waals surface area contributed by atoms with E-state index in [0.29, 0.717) is 60.7 Å². The molecular formula is C25H28N8O2. The molecule has 35 heavy (non-hydrogen) atoms. The molecule has 0 radical (unpaired) electrons. The Morgan fingerprint density at radius 2 is 2.17 bits per heavy atom. The van der Waals surface area contributed by atoms with E-state index in [1.54, 1.807) is 29.2 Å². The van der Waals surface area contributed by atoms with E-state index in [4.69, 9.17) is 0 Å². The number of carbonyl (C=O) groups is 1. The highest BCUT2D eigenvalue weighted by Gasteiger charge is 2.36. The third-order valence-electron chi connectivity index (χ3n) is 6.61. The number of amides is 1. The first-order valence-corrected chi connectivity index (χ1v) is 11.7. The molecule has 1 unspecified atom stereocenters.